The number of benzene rings is 1. The Morgan fingerprint density at radius 2 is 2.25 bits per heavy atom. The molecule has 1 atom stereocenters. The van der Waals surface area contributed by atoms with E-state index in [0.717, 1.165) is 4.90 Å². The zero-order valence-electron chi connectivity index (χ0n) is 14.8. The molecule has 28 heavy (non-hydrogen) atoms. The van der Waals surface area contributed by atoms with Crippen LogP contribution in [0.5, 0.6) is 0 Å². The van der Waals surface area contributed by atoms with E-state index in [4.69, 9.17) is 26.0 Å². The Morgan fingerprint density at radius 1 is 1.43 bits per heavy atom. The number of esters is 1. The van der Waals surface area contributed by atoms with Gasteiger partial charge in [0.15, 0.2) is 0 Å². The van der Waals surface area contributed by atoms with Gasteiger partial charge in [0.25, 0.3) is 0 Å². The van der Waals surface area contributed by atoms with Gasteiger partial charge in [-0.25, -0.2) is 9.59 Å². The number of halogens is 1. The molecule has 2 heterocycles. The van der Waals surface area contributed by atoms with Gasteiger partial charge in [-0.15, -0.1) is 11.8 Å². The van der Waals surface area contributed by atoms with Crippen molar-refractivity contribution in [2.75, 3.05) is 12.4 Å². The molecule has 1 aromatic heterocycles. The number of urea groups is 1. The molecule has 1 unspecified atom stereocenters. The van der Waals surface area contributed by atoms with E-state index in [1.165, 1.54) is 18.0 Å². The number of hydrogen-bond acceptors (Lipinski definition) is 6. The molecule has 144 valence electrons. The number of carbonyl (C=O) groups is 2. The van der Waals surface area contributed by atoms with Gasteiger partial charge in [0.2, 0.25) is 0 Å². The van der Waals surface area contributed by atoms with E-state index in [0.29, 0.717) is 22.0 Å². The fraction of sp³-hybridized carbons (Fsp3) is 0.211. The Labute approximate surface area is 170 Å². The number of amides is 2. The summed E-state index contributed by atoms with van der Waals surface area (Å²) in [6.45, 7) is 1.91. The summed E-state index contributed by atoms with van der Waals surface area (Å²) in [4.78, 5) is 25.5. The fourth-order valence-electron chi connectivity index (χ4n) is 2.69. The van der Waals surface area contributed by atoms with Crippen LogP contribution in [0.4, 0.5) is 4.79 Å². The summed E-state index contributed by atoms with van der Waals surface area (Å²) < 4.78 is 10.6. The van der Waals surface area contributed by atoms with Gasteiger partial charge in [0, 0.05) is 16.3 Å². The second kappa shape index (κ2) is 8.87. The molecule has 0 saturated heterocycles. The summed E-state index contributed by atoms with van der Waals surface area (Å²) in [7, 11) is 0. The molecule has 0 fully saturated rings. The first-order valence-corrected chi connectivity index (χ1v) is 9.73. The Balaban J connectivity index is 1.93. The van der Waals surface area contributed by atoms with E-state index < -0.39 is 18.0 Å². The number of thioether (sulfide) groups is 1. The van der Waals surface area contributed by atoms with E-state index in [2.05, 4.69) is 10.6 Å². The SMILES string of the molecule is CCOC(=O)C1=C(CSc2ccc(C#N)cc2Cl)NC(=O)NC1c1ccco1. The third kappa shape index (κ3) is 4.32. The smallest absolute Gasteiger partial charge is 0.338 e. The molecule has 2 aromatic rings. The fourth-order valence-corrected chi connectivity index (χ4v) is 3.92. The molecule has 0 radical (unpaired) electrons. The number of furan rings is 1. The first kappa shape index (κ1) is 19.9. The lowest BCUT2D eigenvalue weighted by atomic mass is 10.0. The number of ether oxygens (including phenoxy) is 1. The largest absolute Gasteiger partial charge is 0.467 e. The predicted octanol–water partition coefficient (Wildman–Crippen LogP) is 3.77. The maximum Gasteiger partial charge on any atom is 0.338 e. The first-order chi connectivity index (χ1) is 13.5. The molecule has 0 bridgehead atoms. The molecule has 7 nitrogen and oxygen atoms in total. The monoisotopic (exact) mass is 417 g/mol. The Kier molecular flexibility index (Phi) is 6.29. The number of rotatable bonds is 6. The highest BCUT2D eigenvalue weighted by atomic mass is 35.5. The number of nitrogens with zero attached hydrogens (tertiary/aromatic N) is 1. The van der Waals surface area contributed by atoms with Crippen molar-refractivity contribution in [1.82, 2.24) is 10.6 Å². The Bertz CT molecular complexity index is 966. The summed E-state index contributed by atoms with van der Waals surface area (Å²) in [5.41, 5.74) is 1.14. The average Bonchev–Trinajstić information content (AvgIpc) is 3.21. The lowest BCUT2D eigenvalue weighted by Crippen LogP contribution is -2.46. The zero-order valence-corrected chi connectivity index (χ0v) is 16.4. The van der Waals surface area contributed by atoms with Crippen molar-refractivity contribution in [2.45, 2.75) is 17.9 Å². The van der Waals surface area contributed by atoms with Crippen LogP contribution in [0, 0.1) is 11.3 Å². The summed E-state index contributed by atoms with van der Waals surface area (Å²) in [6, 6.07) is 9.12. The van der Waals surface area contributed by atoms with Crippen LogP contribution in [0.25, 0.3) is 0 Å². The Morgan fingerprint density at radius 3 is 2.89 bits per heavy atom. The molecule has 2 N–H and O–H groups in total. The average molecular weight is 418 g/mol. The van der Waals surface area contributed by atoms with Crippen LogP contribution in [0.1, 0.15) is 24.3 Å². The molecule has 1 aliphatic heterocycles. The van der Waals surface area contributed by atoms with E-state index in [-0.39, 0.29) is 17.9 Å². The van der Waals surface area contributed by atoms with Crippen LogP contribution in [-0.2, 0) is 9.53 Å². The van der Waals surface area contributed by atoms with Crippen LogP contribution >= 0.6 is 23.4 Å². The summed E-state index contributed by atoms with van der Waals surface area (Å²) in [6.07, 6.45) is 1.47. The molecule has 0 aliphatic carbocycles. The third-order valence-electron chi connectivity index (χ3n) is 3.91. The van der Waals surface area contributed by atoms with Crippen molar-refractivity contribution in [3.63, 3.8) is 0 Å². The minimum atomic E-state index is -0.755. The van der Waals surface area contributed by atoms with Crippen molar-refractivity contribution < 1.29 is 18.7 Å². The van der Waals surface area contributed by atoms with Crippen molar-refractivity contribution in [3.05, 3.63) is 64.2 Å². The second-order valence-corrected chi connectivity index (χ2v) is 7.13. The molecule has 0 spiro atoms. The standard InChI is InChI=1S/C19H16ClN3O4S/c1-2-26-18(24)16-13(10-28-15-6-5-11(9-21)8-12(15)20)22-19(25)23-17(16)14-4-3-7-27-14/h3-8,17H,2,10H2,1H3,(H2,22,23,25). The van der Waals surface area contributed by atoms with Crippen molar-refractivity contribution in [2.24, 2.45) is 0 Å². The molecular formula is C19H16ClN3O4S. The zero-order chi connectivity index (χ0) is 20.1. The van der Waals surface area contributed by atoms with Gasteiger partial charge in [0.1, 0.15) is 11.8 Å². The summed E-state index contributed by atoms with van der Waals surface area (Å²) in [5.74, 6) is 0.152. The normalized spacial score (nSPS) is 16.2. The molecule has 2 amide bonds. The Hall–Kier alpha value is -2.89. The predicted molar refractivity (Wildman–Crippen MR) is 104 cm³/mol. The molecule has 3 rings (SSSR count). The van der Waals surface area contributed by atoms with Gasteiger partial charge < -0.3 is 19.8 Å². The molecular weight excluding hydrogens is 402 g/mol. The third-order valence-corrected chi connectivity index (χ3v) is 5.43. The van der Waals surface area contributed by atoms with E-state index in [1.807, 2.05) is 6.07 Å². The van der Waals surface area contributed by atoms with Gasteiger partial charge in [-0.05, 0) is 37.3 Å². The van der Waals surface area contributed by atoms with Gasteiger partial charge in [-0.3, -0.25) is 0 Å². The number of nitrogens with one attached hydrogen (secondary N) is 2. The second-order valence-electron chi connectivity index (χ2n) is 5.71. The van der Waals surface area contributed by atoms with Gasteiger partial charge in [0.05, 0.1) is 35.1 Å². The van der Waals surface area contributed by atoms with Gasteiger partial charge in [-0.1, -0.05) is 11.6 Å². The van der Waals surface area contributed by atoms with E-state index in [1.54, 1.807) is 37.3 Å². The maximum absolute atomic E-state index is 12.6. The van der Waals surface area contributed by atoms with E-state index >= 15 is 0 Å². The molecule has 1 aromatic carbocycles. The number of hydrogen-bond donors (Lipinski definition) is 2. The number of nitriles is 1. The highest BCUT2D eigenvalue weighted by Gasteiger charge is 2.35. The molecule has 0 saturated carbocycles. The molecule has 1 aliphatic rings. The molecule has 9 heteroatoms. The maximum atomic E-state index is 12.6. The first-order valence-electron chi connectivity index (χ1n) is 8.37. The summed E-state index contributed by atoms with van der Waals surface area (Å²) in [5, 5.41) is 14.7. The lowest BCUT2D eigenvalue weighted by molar-refractivity contribution is -0.139. The highest BCUT2D eigenvalue weighted by molar-refractivity contribution is 7.99. The van der Waals surface area contributed by atoms with Crippen LogP contribution in [0.2, 0.25) is 5.02 Å². The quantitative estimate of drug-likeness (QED) is 0.547. The minimum Gasteiger partial charge on any atom is -0.467 e. The topological polar surface area (TPSA) is 104 Å². The van der Waals surface area contributed by atoms with Crippen molar-refractivity contribution >= 4 is 35.4 Å². The van der Waals surface area contributed by atoms with Crippen LogP contribution in [-0.4, -0.2) is 24.4 Å². The number of carbonyl (C=O) groups excluding carboxylic acids is 2. The minimum absolute atomic E-state index is 0.197. The van der Waals surface area contributed by atoms with Crippen LogP contribution < -0.4 is 10.6 Å². The van der Waals surface area contributed by atoms with Gasteiger partial charge >= 0.3 is 12.0 Å². The lowest BCUT2D eigenvalue weighted by Gasteiger charge is -2.27. The van der Waals surface area contributed by atoms with Crippen molar-refractivity contribution in [3.8, 4) is 6.07 Å². The van der Waals surface area contributed by atoms with Gasteiger partial charge in [-0.2, -0.15) is 5.26 Å². The van der Waals surface area contributed by atoms with Crippen LogP contribution in [0.3, 0.4) is 0 Å². The van der Waals surface area contributed by atoms with Crippen LogP contribution in [0.15, 0.2) is 57.2 Å². The summed E-state index contributed by atoms with van der Waals surface area (Å²) >= 11 is 7.55. The highest BCUT2D eigenvalue weighted by Crippen LogP contribution is 2.33. The van der Waals surface area contributed by atoms with Crippen molar-refractivity contribution in [1.29, 1.82) is 5.26 Å². The van der Waals surface area contributed by atoms with E-state index in [9.17, 15) is 9.59 Å².